The number of amides is 2. The number of hydrogen-bond acceptors (Lipinski definition) is 23. The normalized spacial score (nSPS) is 15.5. The number of aromatic nitrogens is 7. The number of hydrogen-bond donors (Lipinski definition) is 4. The molecule has 0 radical (unpaired) electrons. The van der Waals surface area contributed by atoms with Crippen molar-refractivity contribution >= 4 is 125 Å². The fraction of sp³-hybridized carbons (Fsp3) is 0.234. The predicted octanol–water partition coefficient (Wildman–Crippen LogP) is 12.3. The molecule has 24 nitrogen and oxygen atoms in total. The van der Waals surface area contributed by atoms with Crippen molar-refractivity contribution < 1.29 is 33.0 Å². The number of piperazine rings is 2. The van der Waals surface area contributed by atoms with Crippen molar-refractivity contribution in [1.82, 2.24) is 54.5 Å². The first kappa shape index (κ1) is 66.9. The standard InChI is InChI=1S/C77H69N17O7S3/c1-89-22-26-91(27-23-89)54-13-11-48-32-46(7-9-50(48)36-54)34-52(43-78)72(95)83-16-4-20-93-59-15-18-82-70(80)68(59)87-76(93)104-67-42-65-64(39-57(67)74-85-19-31-102-74)100-75(101-65)58-40-60-69(71(81)86-58)88-77(103-66-41-63-62(98-45-99-63)38-56(66)61-6-3-30-97-61)94(60)21-5-17-84-73(96)53(44-79)35-47-8-10-51-37-55(14-12-49(51)33-47)92-28-24-90(2)25-29-92/h3,6-15,18-19,30-42,75H,4-5,16-17,20-29,45H2,1-2H3,(H2,80,82)(H2,81,86)(H,83,95)(H,84,96)/b52-34+,53-35+. The Morgan fingerprint density at radius 1 is 0.596 bits per heavy atom. The molecule has 6 N–H and O–H groups in total. The number of furan rings is 1. The van der Waals surface area contributed by atoms with Gasteiger partial charge in [-0.25, -0.2) is 24.9 Å². The number of nitrogen functional groups attached to an aromatic ring is 2. The first-order valence-electron chi connectivity index (χ1n) is 34.1. The van der Waals surface area contributed by atoms with Crippen molar-refractivity contribution in [2.75, 3.05) is 108 Å². The van der Waals surface area contributed by atoms with E-state index in [2.05, 4.69) is 97.8 Å². The van der Waals surface area contributed by atoms with Gasteiger partial charge in [-0.1, -0.05) is 59.9 Å². The molecule has 0 spiro atoms. The second kappa shape index (κ2) is 29.0. The maximum absolute atomic E-state index is 13.8. The van der Waals surface area contributed by atoms with Crippen LogP contribution in [0.25, 0.3) is 77.7 Å². The van der Waals surface area contributed by atoms with Crippen molar-refractivity contribution in [3.05, 3.63) is 173 Å². The molecule has 6 aromatic carbocycles. The summed E-state index contributed by atoms with van der Waals surface area (Å²) in [6.45, 7) is 9.21. The second-order valence-electron chi connectivity index (χ2n) is 25.8. The number of imidazole rings is 2. The molecule has 4 aliphatic heterocycles. The number of aryl methyl sites for hydroxylation is 2. The van der Waals surface area contributed by atoms with Gasteiger partial charge in [0, 0.05) is 129 Å². The lowest BCUT2D eigenvalue weighted by molar-refractivity contribution is -0.117. The van der Waals surface area contributed by atoms with Gasteiger partial charge in [0.15, 0.2) is 44.9 Å². The van der Waals surface area contributed by atoms with E-state index in [4.69, 9.17) is 54.8 Å². The first-order chi connectivity index (χ1) is 50.8. The van der Waals surface area contributed by atoms with Gasteiger partial charge in [0.1, 0.15) is 50.8 Å². The molecule has 1 atom stereocenters. The molecular formula is C77H69N17O7S3. The van der Waals surface area contributed by atoms with E-state index < -0.39 is 18.1 Å². The quantitative estimate of drug-likeness (QED) is 0.0295. The van der Waals surface area contributed by atoms with Crippen LogP contribution >= 0.6 is 34.9 Å². The molecule has 2 amide bonds. The molecular weight excluding hydrogens is 1370 g/mol. The van der Waals surface area contributed by atoms with Crippen molar-refractivity contribution in [3.8, 4) is 57.0 Å². The number of anilines is 4. The lowest BCUT2D eigenvalue weighted by Crippen LogP contribution is -2.44. The van der Waals surface area contributed by atoms with Crippen molar-refractivity contribution in [2.45, 2.75) is 52.3 Å². The Morgan fingerprint density at radius 2 is 1.13 bits per heavy atom. The molecule has 2 fully saturated rings. The average Bonchev–Trinajstić information content (AvgIpc) is 1.56. The highest BCUT2D eigenvalue weighted by Gasteiger charge is 2.33. The number of likely N-dealkylation sites (N-methyl/N-ethyl adjacent to an activating group) is 2. The summed E-state index contributed by atoms with van der Waals surface area (Å²) in [5, 5.41) is 34.5. The number of benzene rings is 6. The van der Waals surface area contributed by atoms with E-state index in [-0.39, 0.29) is 42.7 Å². The SMILES string of the molecule is CN1CCN(c2ccc3cc(/C=C(\C#N)C(=O)NCCCn4c(Sc5cc6c(cc5-c5ccco5)OCO6)nc5c(N)nc(C6Oc7cc(Sc8nc9c(N)nccc9n8CCCNC(=O)/C(C#N)=C/c8ccc9cc(N%10CCN(C)CC%10)ccc9c8)c(-c8nccs8)cc7O6)cc54)ccc3c2)CC1. The number of nitrogens with two attached hydrogens (primary N) is 2. The highest BCUT2D eigenvalue weighted by Crippen LogP contribution is 2.50. The van der Waals surface area contributed by atoms with Crippen LogP contribution in [0.2, 0.25) is 0 Å². The number of fused-ring (bicyclic) bond motifs is 6. The monoisotopic (exact) mass is 1440 g/mol. The maximum atomic E-state index is 13.8. The topological polar surface area (TPSA) is 295 Å². The number of nitrogens with one attached hydrogen (secondary N) is 2. The number of carbonyl (C=O) groups is 2. The summed E-state index contributed by atoms with van der Waals surface area (Å²) in [6.07, 6.45) is 8.07. The van der Waals surface area contributed by atoms with Gasteiger partial charge >= 0.3 is 0 Å². The molecule has 522 valence electrons. The molecule has 0 bridgehead atoms. The van der Waals surface area contributed by atoms with E-state index in [0.29, 0.717) is 87.2 Å². The smallest absolute Gasteiger partial charge is 0.285 e. The summed E-state index contributed by atoms with van der Waals surface area (Å²) in [6, 6.07) is 44.0. The molecule has 27 heteroatoms. The molecule has 12 aromatic rings. The van der Waals surface area contributed by atoms with E-state index >= 15 is 0 Å². The lowest BCUT2D eigenvalue weighted by atomic mass is 10.0. The van der Waals surface area contributed by atoms with Gasteiger partial charge in [0.05, 0.1) is 17.3 Å². The summed E-state index contributed by atoms with van der Waals surface area (Å²) >= 11 is 4.24. The number of nitriles is 2. The average molecular weight is 1440 g/mol. The van der Waals surface area contributed by atoms with Crippen LogP contribution in [-0.2, 0) is 22.7 Å². The Bertz CT molecular complexity index is 5480. The number of rotatable bonds is 21. The molecule has 1 unspecified atom stereocenters. The molecule has 10 heterocycles. The summed E-state index contributed by atoms with van der Waals surface area (Å²) in [5.74, 6) is 2.06. The van der Waals surface area contributed by atoms with Gasteiger partial charge < -0.3 is 74.2 Å². The third-order valence-electron chi connectivity index (χ3n) is 19.0. The minimum atomic E-state index is -1.06. The molecule has 4 aliphatic rings. The van der Waals surface area contributed by atoms with Crippen LogP contribution in [0.4, 0.5) is 23.0 Å². The van der Waals surface area contributed by atoms with Gasteiger partial charge in [0.2, 0.25) is 6.79 Å². The van der Waals surface area contributed by atoms with E-state index in [1.807, 2.05) is 99.4 Å². The molecule has 104 heavy (non-hydrogen) atoms. The van der Waals surface area contributed by atoms with Gasteiger partial charge in [-0.15, -0.1) is 11.3 Å². The Labute approximate surface area is 610 Å². The lowest BCUT2D eigenvalue weighted by Gasteiger charge is -2.34. The molecule has 16 rings (SSSR count). The zero-order valence-corrected chi connectivity index (χ0v) is 59.2. The number of carbonyl (C=O) groups excluding carboxylic acids is 2. The molecule has 2 saturated heterocycles. The largest absolute Gasteiger partial charge is 0.464 e. The third-order valence-corrected chi connectivity index (χ3v) is 21.9. The van der Waals surface area contributed by atoms with E-state index in [1.165, 1.54) is 46.2 Å². The number of nitrogens with zero attached hydrogens (tertiary/aromatic N) is 13. The van der Waals surface area contributed by atoms with Gasteiger partial charge in [-0.3, -0.25) is 9.59 Å². The fourth-order valence-corrected chi connectivity index (χ4v) is 16.2. The maximum Gasteiger partial charge on any atom is 0.285 e. The molecule has 6 aromatic heterocycles. The van der Waals surface area contributed by atoms with Crippen LogP contribution in [0.3, 0.4) is 0 Å². The van der Waals surface area contributed by atoms with E-state index in [1.54, 1.807) is 30.8 Å². The Morgan fingerprint density at radius 3 is 1.71 bits per heavy atom. The summed E-state index contributed by atoms with van der Waals surface area (Å²) in [5.41, 5.74) is 21.5. The van der Waals surface area contributed by atoms with Gasteiger partial charge in [-0.2, -0.15) is 10.5 Å². The van der Waals surface area contributed by atoms with Crippen LogP contribution in [-0.4, -0.2) is 142 Å². The number of ether oxygens (including phenoxy) is 4. The third kappa shape index (κ3) is 13.9. The second-order valence-corrected chi connectivity index (χ2v) is 28.7. The predicted molar refractivity (Wildman–Crippen MR) is 404 cm³/mol. The first-order valence-corrected chi connectivity index (χ1v) is 36.6. The minimum absolute atomic E-state index is 0.000640. The number of thiazole rings is 1. The summed E-state index contributed by atoms with van der Waals surface area (Å²) in [7, 11) is 4.29. The highest BCUT2D eigenvalue weighted by atomic mass is 32.2. The van der Waals surface area contributed by atoms with Crippen LogP contribution in [0, 0.1) is 22.7 Å². The Balaban J connectivity index is 0.639. The van der Waals surface area contributed by atoms with Gasteiger partial charge in [-0.05, 0) is 157 Å². The Hall–Kier alpha value is -11.6. The molecule has 0 aliphatic carbocycles. The van der Waals surface area contributed by atoms with Crippen LogP contribution in [0.15, 0.2) is 181 Å². The zero-order chi connectivity index (χ0) is 71.0. The van der Waals surface area contributed by atoms with E-state index in [0.717, 1.165) is 116 Å². The van der Waals surface area contributed by atoms with Crippen molar-refractivity contribution in [1.29, 1.82) is 10.5 Å². The van der Waals surface area contributed by atoms with Gasteiger partial charge in [0.25, 0.3) is 18.1 Å². The zero-order valence-electron chi connectivity index (χ0n) is 56.7. The van der Waals surface area contributed by atoms with Crippen LogP contribution in [0.1, 0.15) is 36.0 Å². The fourth-order valence-electron chi connectivity index (χ4n) is 13.3. The number of pyridine rings is 2. The van der Waals surface area contributed by atoms with Crippen LogP contribution in [0.5, 0.6) is 23.0 Å². The summed E-state index contributed by atoms with van der Waals surface area (Å²) in [4.78, 5) is 62.6. The van der Waals surface area contributed by atoms with E-state index in [9.17, 15) is 20.1 Å². The van der Waals surface area contributed by atoms with Crippen molar-refractivity contribution in [2.24, 2.45) is 0 Å². The minimum Gasteiger partial charge on any atom is -0.464 e. The highest BCUT2D eigenvalue weighted by molar-refractivity contribution is 7.99. The van der Waals surface area contributed by atoms with Crippen LogP contribution < -0.4 is 50.8 Å². The Kier molecular flexibility index (Phi) is 18.7. The summed E-state index contributed by atoms with van der Waals surface area (Å²) < 4.78 is 35.1. The van der Waals surface area contributed by atoms with Crippen molar-refractivity contribution in [3.63, 3.8) is 0 Å². The molecule has 0 saturated carbocycles.